The number of methoxy groups -OCH3 is 1. The fourth-order valence-electron chi connectivity index (χ4n) is 2.43. The van der Waals surface area contributed by atoms with Crippen LogP contribution in [0.4, 0.5) is 0 Å². The van der Waals surface area contributed by atoms with Crippen LogP contribution in [0.5, 0.6) is 5.75 Å². The van der Waals surface area contributed by atoms with Crippen LogP contribution in [0.3, 0.4) is 0 Å². The van der Waals surface area contributed by atoms with E-state index in [1.54, 1.807) is 10.6 Å². The highest BCUT2D eigenvalue weighted by atomic mass is 32.1. The third-order valence-corrected chi connectivity index (χ3v) is 4.69. The molecule has 24 heavy (non-hydrogen) atoms. The average molecular weight is 343 g/mol. The number of nitrogens with zero attached hydrogens (tertiary/aromatic N) is 2. The van der Waals surface area contributed by atoms with Crippen LogP contribution in [-0.2, 0) is 6.54 Å². The van der Waals surface area contributed by atoms with Crippen LogP contribution < -0.4 is 15.6 Å². The van der Waals surface area contributed by atoms with E-state index in [4.69, 9.17) is 4.74 Å². The first-order valence-corrected chi connectivity index (χ1v) is 8.29. The summed E-state index contributed by atoms with van der Waals surface area (Å²) in [4.78, 5) is 28.6. The van der Waals surface area contributed by atoms with Gasteiger partial charge in [0.05, 0.1) is 17.3 Å². The number of hydrogen-bond acceptors (Lipinski definition) is 5. The van der Waals surface area contributed by atoms with E-state index in [0.717, 1.165) is 15.9 Å². The summed E-state index contributed by atoms with van der Waals surface area (Å²) in [5, 5.41) is 3.24. The monoisotopic (exact) mass is 343 g/mol. The molecule has 0 fully saturated rings. The first-order chi connectivity index (χ1) is 11.6. The summed E-state index contributed by atoms with van der Waals surface area (Å²) in [6.07, 6.45) is 0. The van der Waals surface area contributed by atoms with Gasteiger partial charge in [0, 0.05) is 24.8 Å². The number of aromatic nitrogens is 2. The fourth-order valence-corrected chi connectivity index (χ4v) is 3.31. The lowest BCUT2D eigenvalue weighted by molar-refractivity contribution is 0.0952. The highest BCUT2D eigenvalue weighted by Gasteiger charge is 2.12. The second kappa shape index (κ2) is 6.84. The first kappa shape index (κ1) is 16.2. The summed E-state index contributed by atoms with van der Waals surface area (Å²) >= 11 is 1.35. The Balaban J connectivity index is 1.66. The molecule has 0 saturated carbocycles. The second-order valence-electron chi connectivity index (χ2n) is 5.27. The van der Waals surface area contributed by atoms with Crippen molar-refractivity contribution in [3.05, 3.63) is 57.5 Å². The van der Waals surface area contributed by atoms with Crippen LogP contribution in [0.2, 0.25) is 0 Å². The molecule has 0 aliphatic heterocycles. The van der Waals surface area contributed by atoms with Crippen molar-refractivity contribution in [3.63, 3.8) is 0 Å². The Kier molecular flexibility index (Phi) is 4.61. The number of para-hydroxylation sites is 1. The maximum Gasteiger partial charge on any atom is 0.280 e. The molecular formula is C17H17N3O3S. The molecule has 124 valence electrons. The van der Waals surface area contributed by atoms with E-state index in [2.05, 4.69) is 10.3 Å². The molecule has 0 spiro atoms. The number of benzene rings is 1. The molecule has 0 bridgehead atoms. The molecule has 2 heterocycles. The van der Waals surface area contributed by atoms with Crippen molar-refractivity contribution in [1.82, 2.24) is 14.9 Å². The van der Waals surface area contributed by atoms with Gasteiger partial charge in [0.1, 0.15) is 5.75 Å². The number of nitrogens with one attached hydrogen (secondary N) is 1. The third-order valence-electron chi connectivity index (χ3n) is 3.65. The number of carbonyl (C=O) groups is 1. The van der Waals surface area contributed by atoms with Gasteiger partial charge in [-0.15, -0.1) is 11.3 Å². The lowest BCUT2D eigenvalue weighted by Gasteiger charge is -2.11. The van der Waals surface area contributed by atoms with E-state index in [1.165, 1.54) is 24.5 Å². The zero-order valence-electron chi connectivity index (χ0n) is 13.4. The molecule has 3 rings (SSSR count). The van der Waals surface area contributed by atoms with Gasteiger partial charge in [0.2, 0.25) is 0 Å². The smallest absolute Gasteiger partial charge is 0.280 e. The van der Waals surface area contributed by atoms with E-state index in [0.29, 0.717) is 23.8 Å². The van der Waals surface area contributed by atoms with Crippen LogP contribution in [0, 0.1) is 6.92 Å². The van der Waals surface area contributed by atoms with Crippen LogP contribution >= 0.6 is 11.3 Å². The number of amides is 1. The summed E-state index contributed by atoms with van der Waals surface area (Å²) in [6.45, 7) is 2.58. The second-order valence-corrected chi connectivity index (χ2v) is 6.30. The number of fused-ring (bicyclic) bond motifs is 1. The predicted molar refractivity (Wildman–Crippen MR) is 93.9 cm³/mol. The summed E-state index contributed by atoms with van der Waals surface area (Å²) in [7, 11) is 1.52. The molecule has 1 N–H and O–H groups in total. The van der Waals surface area contributed by atoms with Crippen molar-refractivity contribution < 1.29 is 9.53 Å². The average Bonchev–Trinajstić information content (AvgIpc) is 3.01. The van der Waals surface area contributed by atoms with Gasteiger partial charge in [-0.1, -0.05) is 12.1 Å². The number of rotatable bonds is 5. The van der Waals surface area contributed by atoms with Crippen molar-refractivity contribution in [3.8, 4) is 5.75 Å². The van der Waals surface area contributed by atoms with E-state index in [-0.39, 0.29) is 11.5 Å². The number of ether oxygens (including phenoxy) is 1. The van der Waals surface area contributed by atoms with Crippen LogP contribution in [0.15, 0.2) is 41.2 Å². The minimum Gasteiger partial charge on any atom is -0.496 e. The van der Waals surface area contributed by atoms with Gasteiger partial charge >= 0.3 is 0 Å². The van der Waals surface area contributed by atoms with Crippen LogP contribution in [0.1, 0.15) is 15.5 Å². The Bertz CT molecular complexity index is 913. The summed E-state index contributed by atoms with van der Waals surface area (Å²) in [6, 6.07) is 10.8. The lowest BCUT2D eigenvalue weighted by atomic mass is 10.3. The topological polar surface area (TPSA) is 73.2 Å². The summed E-state index contributed by atoms with van der Waals surface area (Å²) < 4.78 is 7.65. The number of aryl methyl sites for hydroxylation is 1. The van der Waals surface area contributed by atoms with Gasteiger partial charge in [-0.05, 0) is 25.1 Å². The molecule has 7 heteroatoms. The van der Waals surface area contributed by atoms with Gasteiger partial charge in [-0.25, -0.2) is 4.98 Å². The van der Waals surface area contributed by atoms with E-state index >= 15 is 0 Å². The Labute approximate surface area is 142 Å². The van der Waals surface area contributed by atoms with Crippen LogP contribution in [-0.4, -0.2) is 29.1 Å². The Morgan fingerprint density at radius 3 is 2.83 bits per heavy atom. The van der Waals surface area contributed by atoms with Crippen molar-refractivity contribution >= 4 is 27.5 Å². The fraction of sp³-hybridized carbons (Fsp3) is 0.235. The minimum absolute atomic E-state index is 0.152. The molecule has 1 amide bonds. The normalized spacial score (nSPS) is 10.8. The van der Waals surface area contributed by atoms with Gasteiger partial charge in [0.25, 0.3) is 11.5 Å². The van der Waals surface area contributed by atoms with E-state index < -0.39 is 0 Å². The number of carbonyl (C=O) groups excluding carboxylic acids is 1. The molecule has 0 unspecified atom stereocenters. The third kappa shape index (κ3) is 3.30. The van der Waals surface area contributed by atoms with E-state index in [9.17, 15) is 9.59 Å². The van der Waals surface area contributed by atoms with Crippen LogP contribution in [0.25, 0.3) is 10.2 Å². The largest absolute Gasteiger partial charge is 0.496 e. The maximum atomic E-state index is 12.2. The molecule has 1 aromatic carbocycles. The first-order valence-electron chi connectivity index (χ1n) is 7.48. The maximum absolute atomic E-state index is 12.2. The molecule has 3 aromatic rings. The highest BCUT2D eigenvalue weighted by molar-refractivity contribution is 7.20. The molecule has 0 saturated heterocycles. The quantitative estimate of drug-likeness (QED) is 0.771. The zero-order chi connectivity index (χ0) is 17.1. The Morgan fingerprint density at radius 2 is 2.12 bits per heavy atom. The molecular weight excluding hydrogens is 326 g/mol. The van der Waals surface area contributed by atoms with Crippen molar-refractivity contribution in [2.24, 2.45) is 0 Å². The van der Waals surface area contributed by atoms with Gasteiger partial charge in [0.15, 0.2) is 5.01 Å². The standard InChI is InChI=1S/C17H17N3O3S/c1-11-9-12(23-2)10-15(21)20(11)8-7-18-16(22)17-19-13-5-3-4-6-14(13)24-17/h3-6,9-10H,7-8H2,1-2H3,(H,18,22). The SMILES string of the molecule is COc1cc(C)n(CCNC(=O)c2nc3ccccc3s2)c(=O)c1. The molecule has 2 aromatic heterocycles. The van der Waals surface area contributed by atoms with Crippen molar-refractivity contribution in [2.45, 2.75) is 13.5 Å². The highest BCUT2D eigenvalue weighted by Crippen LogP contribution is 2.21. The molecule has 0 aliphatic carbocycles. The predicted octanol–water partition coefficient (Wildman–Crippen LogP) is 2.21. The number of thiazole rings is 1. The molecule has 0 radical (unpaired) electrons. The summed E-state index contributed by atoms with van der Waals surface area (Å²) in [5.41, 5.74) is 1.45. The molecule has 0 aliphatic rings. The van der Waals surface area contributed by atoms with Crippen molar-refractivity contribution in [1.29, 1.82) is 0 Å². The Morgan fingerprint density at radius 1 is 1.33 bits per heavy atom. The number of hydrogen-bond donors (Lipinski definition) is 1. The number of pyridine rings is 1. The summed E-state index contributed by atoms with van der Waals surface area (Å²) in [5.74, 6) is 0.308. The van der Waals surface area contributed by atoms with Gasteiger partial charge < -0.3 is 14.6 Å². The van der Waals surface area contributed by atoms with E-state index in [1.807, 2.05) is 31.2 Å². The lowest BCUT2D eigenvalue weighted by Crippen LogP contribution is -2.31. The Hall–Kier alpha value is -2.67. The van der Waals surface area contributed by atoms with Gasteiger partial charge in [-0.3, -0.25) is 9.59 Å². The van der Waals surface area contributed by atoms with Gasteiger partial charge in [-0.2, -0.15) is 0 Å². The molecule has 6 nitrogen and oxygen atoms in total. The molecule has 0 atom stereocenters. The zero-order valence-corrected chi connectivity index (χ0v) is 14.2. The van der Waals surface area contributed by atoms with Crippen molar-refractivity contribution in [2.75, 3.05) is 13.7 Å². The minimum atomic E-state index is -0.226.